The third kappa shape index (κ3) is 6.96. The first-order valence-corrected chi connectivity index (χ1v) is 9.06. The predicted octanol–water partition coefficient (Wildman–Crippen LogP) is 3.62. The third-order valence-electron chi connectivity index (χ3n) is 3.62. The van der Waals surface area contributed by atoms with Gasteiger partial charge in [-0.15, -0.1) is 0 Å². The minimum atomic E-state index is -0.620. The first-order chi connectivity index (χ1) is 13.5. The fraction of sp³-hybridized carbons (Fsp3) is 0.238. The number of halogens is 1. The molecular weight excluding hydrogens is 382 g/mol. The molecule has 2 rings (SSSR count). The molecule has 7 heteroatoms. The van der Waals surface area contributed by atoms with E-state index in [2.05, 4.69) is 5.32 Å². The highest BCUT2D eigenvalue weighted by Gasteiger charge is 2.07. The average molecular weight is 404 g/mol. The van der Waals surface area contributed by atoms with Crippen LogP contribution in [0, 0.1) is 0 Å². The van der Waals surface area contributed by atoms with Crippen LogP contribution in [0.1, 0.15) is 18.1 Å². The van der Waals surface area contributed by atoms with Gasteiger partial charge in [0.05, 0.1) is 13.7 Å². The quantitative estimate of drug-likeness (QED) is 0.511. The summed E-state index contributed by atoms with van der Waals surface area (Å²) in [5.74, 6) is 0.175. The van der Waals surface area contributed by atoms with Gasteiger partial charge in [0.25, 0.3) is 5.91 Å². The van der Waals surface area contributed by atoms with Gasteiger partial charge in [-0.2, -0.15) is 0 Å². The van der Waals surface area contributed by atoms with Gasteiger partial charge in [-0.25, -0.2) is 4.79 Å². The number of carbonyl (C=O) groups is 2. The second kappa shape index (κ2) is 11.0. The van der Waals surface area contributed by atoms with Crippen LogP contribution in [0.25, 0.3) is 6.08 Å². The molecule has 2 aromatic carbocycles. The Bertz CT molecular complexity index is 850. The van der Waals surface area contributed by atoms with Crippen molar-refractivity contribution < 1.29 is 23.8 Å². The fourth-order valence-electron chi connectivity index (χ4n) is 2.31. The second-order valence-corrected chi connectivity index (χ2v) is 6.13. The van der Waals surface area contributed by atoms with Gasteiger partial charge in [0.15, 0.2) is 18.1 Å². The summed E-state index contributed by atoms with van der Waals surface area (Å²) in [6.07, 6.45) is 2.82. The van der Waals surface area contributed by atoms with Gasteiger partial charge >= 0.3 is 5.97 Å². The van der Waals surface area contributed by atoms with Crippen LogP contribution in [0.15, 0.2) is 48.5 Å². The highest BCUT2D eigenvalue weighted by atomic mass is 35.5. The second-order valence-electron chi connectivity index (χ2n) is 5.69. The molecule has 0 fully saturated rings. The van der Waals surface area contributed by atoms with Crippen LogP contribution >= 0.6 is 11.6 Å². The number of benzene rings is 2. The summed E-state index contributed by atoms with van der Waals surface area (Å²) in [5.41, 5.74) is 1.60. The molecule has 0 saturated carbocycles. The van der Waals surface area contributed by atoms with E-state index in [1.807, 2.05) is 13.0 Å². The zero-order valence-electron chi connectivity index (χ0n) is 15.7. The van der Waals surface area contributed by atoms with Crippen LogP contribution in [-0.2, 0) is 20.9 Å². The van der Waals surface area contributed by atoms with Gasteiger partial charge < -0.3 is 19.5 Å². The maximum Gasteiger partial charge on any atom is 0.331 e. The summed E-state index contributed by atoms with van der Waals surface area (Å²) in [4.78, 5) is 23.6. The Morgan fingerprint density at radius 2 is 1.96 bits per heavy atom. The van der Waals surface area contributed by atoms with Crippen molar-refractivity contribution in [1.29, 1.82) is 0 Å². The number of rotatable bonds is 9. The number of esters is 1. The molecule has 0 heterocycles. The molecule has 0 unspecified atom stereocenters. The monoisotopic (exact) mass is 403 g/mol. The molecule has 0 aliphatic heterocycles. The van der Waals surface area contributed by atoms with Crippen molar-refractivity contribution in [3.8, 4) is 11.5 Å². The molecule has 0 aliphatic rings. The van der Waals surface area contributed by atoms with Crippen molar-refractivity contribution in [3.05, 3.63) is 64.7 Å². The summed E-state index contributed by atoms with van der Waals surface area (Å²) >= 11 is 5.89. The molecular formula is C21H22ClNO5. The Kier molecular flexibility index (Phi) is 8.37. The van der Waals surface area contributed by atoms with Crippen molar-refractivity contribution in [3.63, 3.8) is 0 Å². The van der Waals surface area contributed by atoms with Gasteiger partial charge in [0.2, 0.25) is 0 Å². The molecule has 2 aromatic rings. The number of methoxy groups -OCH3 is 1. The zero-order valence-corrected chi connectivity index (χ0v) is 16.5. The molecule has 1 N–H and O–H groups in total. The van der Waals surface area contributed by atoms with E-state index < -0.39 is 11.9 Å². The predicted molar refractivity (Wildman–Crippen MR) is 107 cm³/mol. The number of nitrogens with one attached hydrogen (secondary N) is 1. The smallest absolute Gasteiger partial charge is 0.331 e. The summed E-state index contributed by atoms with van der Waals surface area (Å²) in [7, 11) is 1.54. The minimum absolute atomic E-state index is 0.304. The van der Waals surface area contributed by atoms with Gasteiger partial charge in [0.1, 0.15) is 0 Å². The molecule has 0 radical (unpaired) electrons. The number of hydrogen-bond donors (Lipinski definition) is 1. The van der Waals surface area contributed by atoms with Crippen LogP contribution in [0.2, 0.25) is 5.02 Å². The SMILES string of the molecule is CCOc1ccc(/C=C/C(=O)OCC(=O)NCc2cccc(Cl)c2)cc1OC. The molecule has 1 amide bonds. The molecule has 0 bridgehead atoms. The van der Waals surface area contributed by atoms with E-state index in [0.717, 1.165) is 11.1 Å². The summed E-state index contributed by atoms with van der Waals surface area (Å²) in [6.45, 7) is 2.35. The Morgan fingerprint density at radius 1 is 1.14 bits per heavy atom. The van der Waals surface area contributed by atoms with E-state index >= 15 is 0 Å². The number of hydrogen-bond acceptors (Lipinski definition) is 5. The van der Waals surface area contributed by atoms with Crippen molar-refractivity contribution >= 4 is 29.6 Å². The molecule has 6 nitrogen and oxygen atoms in total. The molecule has 148 valence electrons. The number of amides is 1. The first kappa shape index (κ1) is 21.3. The maximum absolute atomic E-state index is 11.8. The number of ether oxygens (including phenoxy) is 3. The highest BCUT2D eigenvalue weighted by molar-refractivity contribution is 6.30. The molecule has 0 saturated heterocycles. The van der Waals surface area contributed by atoms with Gasteiger partial charge in [0, 0.05) is 17.6 Å². The van der Waals surface area contributed by atoms with E-state index in [4.69, 9.17) is 25.8 Å². The lowest BCUT2D eigenvalue weighted by Crippen LogP contribution is -2.28. The third-order valence-corrected chi connectivity index (χ3v) is 3.86. The van der Waals surface area contributed by atoms with E-state index in [1.54, 1.807) is 49.6 Å². The molecule has 0 spiro atoms. The topological polar surface area (TPSA) is 73.9 Å². The van der Waals surface area contributed by atoms with Gasteiger partial charge in [-0.1, -0.05) is 29.8 Å². The lowest BCUT2D eigenvalue weighted by Gasteiger charge is -2.09. The fourth-order valence-corrected chi connectivity index (χ4v) is 2.52. The van der Waals surface area contributed by atoms with E-state index in [1.165, 1.54) is 6.08 Å². The first-order valence-electron chi connectivity index (χ1n) is 8.68. The standard InChI is InChI=1S/C21H22ClNO5/c1-3-27-18-9-7-15(12-19(18)26-2)8-10-21(25)28-14-20(24)23-13-16-5-4-6-17(22)11-16/h4-12H,3,13-14H2,1-2H3,(H,23,24)/b10-8+. The maximum atomic E-state index is 11.8. The summed E-state index contributed by atoms with van der Waals surface area (Å²) in [5, 5.41) is 3.25. The Hall–Kier alpha value is -2.99. The zero-order chi connectivity index (χ0) is 20.4. The molecule has 0 aliphatic carbocycles. The molecule has 0 aromatic heterocycles. The minimum Gasteiger partial charge on any atom is -0.493 e. The van der Waals surface area contributed by atoms with Gasteiger partial charge in [-0.05, 0) is 48.4 Å². The van der Waals surface area contributed by atoms with E-state index in [9.17, 15) is 9.59 Å². The normalized spacial score (nSPS) is 10.5. The molecule has 28 heavy (non-hydrogen) atoms. The summed E-state index contributed by atoms with van der Waals surface area (Å²) < 4.78 is 15.6. The number of carbonyl (C=O) groups excluding carboxylic acids is 2. The van der Waals surface area contributed by atoms with Crippen LogP contribution in [-0.4, -0.2) is 32.2 Å². The van der Waals surface area contributed by atoms with E-state index in [-0.39, 0.29) is 6.61 Å². The van der Waals surface area contributed by atoms with Crippen LogP contribution in [0.4, 0.5) is 0 Å². The van der Waals surface area contributed by atoms with Crippen LogP contribution < -0.4 is 14.8 Å². The van der Waals surface area contributed by atoms with Crippen LogP contribution in [0.3, 0.4) is 0 Å². The molecule has 0 atom stereocenters. The lowest BCUT2D eigenvalue weighted by atomic mass is 10.2. The van der Waals surface area contributed by atoms with E-state index in [0.29, 0.717) is 29.7 Å². The summed E-state index contributed by atoms with van der Waals surface area (Å²) in [6, 6.07) is 12.4. The highest BCUT2D eigenvalue weighted by Crippen LogP contribution is 2.28. The Balaban J connectivity index is 1.80. The van der Waals surface area contributed by atoms with Crippen molar-refractivity contribution in [1.82, 2.24) is 5.32 Å². The van der Waals surface area contributed by atoms with Crippen molar-refractivity contribution in [2.75, 3.05) is 20.3 Å². The van der Waals surface area contributed by atoms with Crippen molar-refractivity contribution in [2.45, 2.75) is 13.5 Å². The van der Waals surface area contributed by atoms with Crippen LogP contribution in [0.5, 0.6) is 11.5 Å². The van der Waals surface area contributed by atoms with Crippen molar-refractivity contribution in [2.24, 2.45) is 0 Å². The average Bonchev–Trinajstić information content (AvgIpc) is 2.70. The Morgan fingerprint density at radius 3 is 2.68 bits per heavy atom. The Labute approximate surface area is 169 Å². The largest absolute Gasteiger partial charge is 0.493 e. The lowest BCUT2D eigenvalue weighted by molar-refractivity contribution is -0.143. The van der Waals surface area contributed by atoms with Gasteiger partial charge in [-0.3, -0.25) is 4.79 Å².